The zero-order valence-corrected chi connectivity index (χ0v) is 13.2. The first-order chi connectivity index (χ1) is 10.7. The lowest BCUT2D eigenvalue weighted by molar-refractivity contribution is -0.124. The highest BCUT2D eigenvalue weighted by atomic mass is 35.5. The summed E-state index contributed by atoms with van der Waals surface area (Å²) in [7, 11) is -3.15. The molecule has 1 aliphatic rings. The number of hydrogen-bond acceptors (Lipinski definition) is 5. The molecule has 0 aromatic heterocycles. The molecule has 1 saturated heterocycles. The summed E-state index contributed by atoms with van der Waals surface area (Å²) in [6.45, 7) is -0.690. The van der Waals surface area contributed by atoms with E-state index in [4.69, 9.17) is 11.6 Å². The molecule has 2 rings (SSSR count). The molecule has 1 aliphatic heterocycles. The molecule has 1 amide bonds. The van der Waals surface area contributed by atoms with Crippen LogP contribution in [0.25, 0.3) is 0 Å². The quantitative estimate of drug-likeness (QED) is 0.635. The molecule has 1 heterocycles. The van der Waals surface area contributed by atoms with Crippen molar-refractivity contribution in [2.75, 3.05) is 18.1 Å². The number of carbonyl (C=O) groups is 2. The van der Waals surface area contributed by atoms with Crippen molar-refractivity contribution >= 4 is 33.3 Å². The normalized spacial score (nSPS) is 19.3. The van der Waals surface area contributed by atoms with Gasteiger partial charge in [-0.1, -0.05) is 11.6 Å². The average molecular weight is 368 g/mol. The van der Waals surface area contributed by atoms with Crippen molar-refractivity contribution in [1.82, 2.24) is 5.32 Å². The van der Waals surface area contributed by atoms with Crippen molar-refractivity contribution in [3.8, 4) is 0 Å². The van der Waals surface area contributed by atoms with Crippen molar-refractivity contribution in [3.63, 3.8) is 0 Å². The second-order valence-electron chi connectivity index (χ2n) is 4.99. The monoisotopic (exact) mass is 367 g/mol. The van der Waals surface area contributed by atoms with E-state index in [1.54, 1.807) is 0 Å². The van der Waals surface area contributed by atoms with Crippen molar-refractivity contribution < 1.29 is 31.5 Å². The van der Waals surface area contributed by atoms with E-state index in [1.807, 2.05) is 0 Å². The second-order valence-corrected chi connectivity index (χ2v) is 7.63. The van der Waals surface area contributed by atoms with Crippen LogP contribution >= 0.6 is 11.6 Å². The zero-order chi connectivity index (χ0) is 17.2. The molecule has 1 N–H and O–H groups in total. The summed E-state index contributed by atoms with van der Waals surface area (Å²) >= 11 is 5.61. The number of rotatable bonds is 4. The minimum Gasteiger partial charge on any atom is -0.452 e. The van der Waals surface area contributed by atoms with E-state index < -0.39 is 51.6 Å². The molecule has 0 saturated carbocycles. The van der Waals surface area contributed by atoms with Crippen LogP contribution in [0.2, 0.25) is 5.02 Å². The van der Waals surface area contributed by atoms with Crippen LogP contribution in [0.1, 0.15) is 16.8 Å². The van der Waals surface area contributed by atoms with E-state index in [0.29, 0.717) is 12.1 Å². The van der Waals surface area contributed by atoms with Gasteiger partial charge in [-0.25, -0.2) is 22.0 Å². The average Bonchev–Trinajstić information content (AvgIpc) is 2.79. The molecule has 23 heavy (non-hydrogen) atoms. The van der Waals surface area contributed by atoms with E-state index in [-0.39, 0.29) is 22.9 Å². The molecule has 10 heteroatoms. The van der Waals surface area contributed by atoms with Gasteiger partial charge in [0.1, 0.15) is 0 Å². The first kappa shape index (κ1) is 17.6. The van der Waals surface area contributed by atoms with Gasteiger partial charge < -0.3 is 10.1 Å². The fraction of sp³-hybridized carbons (Fsp3) is 0.385. The summed E-state index contributed by atoms with van der Waals surface area (Å²) in [4.78, 5) is 23.3. The third-order valence-corrected chi connectivity index (χ3v) is 5.24. The minimum atomic E-state index is -3.15. The molecule has 0 spiro atoms. The Morgan fingerprint density at radius 2 is 1.96 bits per heavy atom. The van der Waals surface area contributed by atoms with Crippen LogP contribution in [0.15, 0.2) is 12.1 Å². The molecular weight excluding hydrogens is 356 g/mol. The first-order valence-corrected chi connectivity index (χ1v) is 8.69. The highest BCUT2D eigenvalue weighted by Gasteiger charge is 2.29. The minimum absolute atomic E-state index is 0.0117. The number of amides is 1. The molecule has 1 aromatic rings. The van der Waals surface area contributed by atoms with Crippen LogP contribution in [0, 0.1) is 11.6 Å². The summed E-state index contributed by atoms with van der Waals surface area (Å²) in [6, 6.07) is 0.663. The van der Waals surface area contributed by atoms with Crippen LogP contribution in [-0.2, 0) is 19.4 Å². The van der Waals surface area contributed by atoms with Crippen LogP contribution < -0.4 is 5.32 Å². The molecule has 6 nitrogen and oxygen atoms in total. The van der Waals surface area contributed by atoms with Gasteiger partial charge in [0.2, 0.25) is 0 Å². The Hall–Kier alpha value is -1.74. The number of carbonyl (C=O) groups excluding carboxylic acids is 2. The predicted molar refractivity (Wildman–Crippen MR) is 76.9 cm³/mol. The molecule has 126 valence electrons. The number of ether oxygens (including phenoxy) is 1. The van der Waals surface area contributed by atoms with Crippen molar-refractivity contribution in [2.45, 2.75) is 12.5 Å². The van der Waals surface area contributed by atoms with E-state index in [9.17, 15) is 26.8 Å². The van der Waals surface area contributed by atoms with E-state index in [2.05, 4.69) is 10.1 Å². The number of hydrogen-bond donors (Lipinski definition) is 1. The number of esters is 1. The lowest BCUT2D eigenvalue weighted by atomic mass is 10.2. The van der Waals surface area contributed by atoms with Crippen LogP contribution in [-0.4, -0.2) is 44.4 Å². The molecule has 0 radical (unpaired) electrons. The molecular formula is C13H12ClF2NO5S. The van der Waals surface area contributed by atoms with E-state index in [0.717, 1.165) is 0 Å². The summed E-state index contributed by atoms with van der Waals surface area (Å²) in [5, 5.41) is 2.06. The second kappa shape index (κ2) is 6.79. The van der Waals surface area contributed by atoms with Gasteiger partial charge in [0.15, 0.2) is 28.1 Å². The van der Waals surface area contributed by atoms with Gasteiger partial charge in [-0.2, -0.15) is 0 Å². The Bertz CT molecular complexity index is 753. The standard InChI is InChI=1S/C13H12ClF2NO5S/c14-9-4-11(16)10(15)3-8(9)13(19)22-5-12(18)17-7-1-2-23(20,21)6-7/h3-4,7H,1-2,5-6H2,(H,17,18)/t7-/m1/s1. The SMILES string of the molecule is O=C(COC(=O)c1cc(F)c(F)cc1Cl)N[C@@H]1CCS(=O)(=O)C1. The molecule has 1 fully saturated rings. The van der Waals surface area contributed by atoms with Crippen molar-refractivity contribution in [3.05, 3.63) is 34.4 Å². The molecule has 0 unspecified atom stereocenters. The molecule has 0 aliphatic carbocycles. The first-order valence-electron chi connectivity index (χ1n) is 6.49. The van der Waals surface area contributed by atoms with Gasteiger partial charge in [0.05, 0.1) is 22.1 Å². The Morgan fingerprint density at radius 1 is 1.30 bits per heavy atom. The highest BCUT2D eigenvalue weighted by molar-refractivity contribution is 7.91. The maximum atomic E-state index is 13.1. The number of halogens is 3. The Balaban J connectivity index is 1.89. The predicted octanol–water partition coefficient (Wildman–Crippen LogP) is 1.08. The lowest BCUT2D eigenvalue weighted by Gasteiger charge is -2.11. The third-order valence-electron chi connectivity index (χ3n) is 3.16. The smallest absolute Gasteiger partial charge is 0.340 e. The van der Waals surface area contributed by atoms with Crippen LogP contribution in [0.3, 0.4) is 0 Å². The summed E-state index contributed by atoms with van der Waals surface area (Å²) in [5.74, 6) is -4.46. The van der Waals surface area contributed by atoms with Crippen molar-refractivity contribution in [1.29, 1.82) is 0 Å². The summed E-state index contributed by atoms with van der Waals surface area (Å²) in [5.41, 5.74) is -0.415. The van der Waals surface area contributed by atoms with Crippen molar-refractivity contribution in [2.24, 2.45) is 0 Å². The molecule has 1 aromatic carbocycles. The largest absolute Gasteiger partial charge is 0.452 e. The van der Waals surface area contributed by atoms with E-state index in [1.165, 1.54) is 0 Å². The number of benzene rings is 1. The number of nitrogens with one attached hydrogen (secondary N) is 1. The van der Waals surface area contributed by atoms with E-state index >= 15 is 0 Å². The zero-order valence-electron chi connectivity index (χ0n) is 11.6. The van der Waals surface area contributed by atoms with Gasteiger partial charge >= 0.3 is 5.97 Å². The van der Waals surface area contributed by atoms with Gasteiger partial charge in [-0.15, -0.1) is 0 Å². The van der Waals surface area contributed by atoms with Crippen LogP contribution in [0.4, 0.5) is 8.78 Å². The Labute approximate surface area is 135 Å². The fourth-order valence-corrected chi connectivity index (χ4v) is 3.97. The maximum Gasteiger partial charge on any atom is 0.340 e. The Kier molecular flexibility index (Phi) is 5.20. The third kappa shape index (κ3) is 4.61. The fourth-order valence-electron chi connectivity index (χ4n) is 2.07. The topological polar surface area (TPSA) is 89.5 Å². The molecule has 1 atom stereocenters. The van der Waals surface area contributed by atoms with Gasteiger partial charge in [0.25, 0.3) is 5.91 Å². The molecule has 0 bridgehead atoms. The summed E-state index contributed by atoms with van der Waals surface area (Å²) in [6.07, 6.45) is 0.289. The lowest BCUT2D eigenvalue weighted by Crippen LogP contribution is -2.38. The Morgan fingerprint density at radius 3 is 2.57 bits per heavy atom. The van der Waals surface area contributed by atoms with Gasteiger partial charge in [0, 0.05) is 6.04 Å². The summed E-state index contributed by atoms with van der Waals surface area (Å²) < 4.78 is 53.1. The maximum absolute atomic E-state index is 13.1. The van der Waals surface area contributed by atoms with Gasteiger partial charge in [-0.3, -0.25) is 4.79 Å². The van der Waals surface area contributed by atoms with Crippen LogP contribution in [0.5, 0.6) is 0 Å². The van der Waals surface area contributed by atoms with Gasteiger partial charge in [-0.05, 0) is 18.6 Å². The highest BCUT2D eigenvalue weighted by Crippen LogP contribution is 2.20. The number of sulfone groups is 1.